The average Bonchev–Trinajstić information content (AvgIpc) is 3.82. The molecular formula is C51H82O22. The number of rotatable bonds is 13. The molecule has 9 aliphatic rings. The van der Waals surface area contributed by atoms with Gasteiger partial charge >= 0.3 is 0 Å². The third-order valence-corrected chi connectivity index (χ3v) is 18.9. The minimum absolute atomic E-state index is 0.0981. The zero-order chi connectivity index (χ0) is 52.8. The molecule has 0 aromatic heterocycles. The van der Waals surface area contributed by atoms with Crippen molar-refractivity contribution in [2.45, 2.75) is 234 Å². The van der Waals surface area contributed by atoms with Crippen LogP contribution in [0.2, 0.25) is 0 Å². The number of allylic oxidation sites excluding steroid dienone is 2. The maximum atomic E-state index is 12.3. The largest absolute Gasteiger partial charge is 0.492 e. The van der Waals surface area contributed by atoms with Crippen molar-refractivity contribution in [3.8, 4) is 0 Å². The highest BCUT2D eigenvalue weighted by Gasteiger charge is 2.69. The Hall–Kier alpha value is -1.56. The van der Waals surface area contributed by atoms with Crippen LogP contribution in [0.25, 0.3) is 0 Å². The average molecular weight is 1050 g/mol. The van der Waals surface area contributed by atoms with E-state index in [2.05, 4.69) is 19.9 Å². The highest BCUT2D eigenvalue weighted by Crippen LogP contribution is 2.70. The summed E-state index contributed by atoms with van der Waals surface area (Å²) in [5.74, 6) is 1.30. The van der Waals surface area contributed by atoms with Gasteiger partial charge in [-0.2, -0.15) is 0 Å². The number of aliphatic hydroxyl groups excluding tert-OH is 12. The summed E-state index contributed by atoms with van der Waals surface area (Å²) in [6.07, 6.45) is -19.4. The Kier molecular flexibility index (Phi) is 16.6. The van der Waals surface area contributed by atoms with Gasteiger partial charge in [-0.15, -0.1) is 0 Å². The molecule has 30 atom stereocenters. The highest BCUT2D eigenvalue weighted by molar-refractivity contribution is 5.29. The standard InChI is InChI=1S/C51H82O22/c1-20(19-65-45-38(60)37(59)34(56)29(17-52)70-45)7-10-31-51(6,64)44-28(69-31)16-27-25-9-8-23-15-24(11-13-49(23,4)26(25)12-14-50(27,44)5)68-48-43(73-47-40(62)36(58)33(55)22(3)67-47)41(63)42(30(18-53)71-48)72-46-39(61)35(57)32(54)21(2)66-46/h8,10,20-22,24-30,32-48,52-64H,7,9,11-19H2,1-6H3/b31-10-/t20-,21-,22-,24-,25-,26+,27+,28+,29+,30+,32-,33-,34+,35+,36+,37-,38+,39+,40+,41-,42+,43+,44+,45+,46-,47-,48+,49-,50-,51+/m0/s1. The van der Waals surface area contributed by atoms with Gasteiger partial charge < -0.3 is 109 Å². The van der Waals surface area contributed by atoms with Crippen LogP contribution in [-0.4, -0.2) is 227 Å². The lowest BCUT2D eigenvalue weighted by molar-refractivity contribution is -0.388. The lowest BCUT2D eigenvalue weighted by atomic mass is 9.46. The zero-order valence-corrected chi connectivity index (χ0v) is 42.5. The maximum Gasteiger partial charge on any atom is 0.187 e. The first-order valence-electron chi connectivity index (χ1n) is 26.5. The first-order valence-corrected chi connectivity index (χ1v) is 26.5. The van der Waals surface area contributed by atoms with Crippen molar-refractivity contribution in [1.29, 1.82) is 0 Å². The topological polar surface area (TPSA) is 346 Å². The molecule has 3 saturated carbocycles. The van der Waals surface area contributed by atoms with Crippen LogP contribution < -0.4 is 0 Å². The van der Waals surface area contributed by atoms with E-state index in [0.717, 1.165) is 32.1 Å². The molecule has 13 N–H and O–H groups in total. The van der Waals surface area contributed by atoms with Crippen LogP contribution in [0, 0.1) is 40.4 Å². The Morgan fingerprint density at radius 2 is 1.25 bits per heavy atom. The first kappa shape index (κ1) is 56.2. The van der Waals surface area contributed by atoms with Gasteiger partial charge in [-0.1, -0.05) is 32.4 Å². The second kappa shape index (κ2) is 21.6. The fourth-order valence-electron chi connectivity index (χ4n) is 14.6. The van der Waals surface area contributed by atoms with Crippen molar-refractivity contribution < 1.29 is 109 Å². The molecule has 0 aromatic carbocycles. The van der Waals surface area contributed by atoms with E-state index in [1.54, 1.807) is 0 Å². The molecule has 5 heterocycles. The molecule has 0 bridgehead atoms. The minimum Gasteiger partial charge on any atom is -0.492 e. The molecule has 0 radical (unpaired) electrons. The normalized spacial score (nSPS) is 54.9. The molecule has 5 saturated heterocycles. The third-order valence-electron chi connectivity index (χ3n) is 18.9. The molecule has 8 fully saturated rings. The summed E-state index contributed by atoms with van der Waals surface area (Å²) >= 11 is 0. The summed E-state index contributed by atoms with van der Waals surface area (Å²) in [6, 6.07) is 0. The lowest BCUT2D eigenvalue weighted by Gasteiger charge is -2.58. The smallest absolute Gasteiger partial charge is 0.187 e. The van der Waals surface area contributed by atoms with Gasteiger partial charge in [-0.05, 0) is 113 Å². The summed E-state index contributed by atoms with van der Waals surface area (Å²) < 4.78 is 54.5. The molecular weight excluding hydrogens is 965 g/mol. The number of ether oxygens (including phenoxy) is 9. The molecule has 9 rings (SSSR count). The van der Waals surface area contributed by atoms with Gasteiger partial charge in [-0.25, -0.2) is 0 Å². The number of aliphatic hydroxyl groups is 13. The van der Waals surface area contributed by atoms with Crippen LogP contribution in [0.5, 0.6) is 0 Å². The van der Waals surface area contributed by atoms with Crippen molar-refractivity contribution >= 4 is 0 Å². The van der Waals surface area contributed by atoms with Crippen molar-refractivity contribution in [3.05, 3.63) is 23.5 Å². The molecule has 0 aromatic rings. The second-order valence-corrected chi connectivity index (χ2v) is 23.5. The highest BCUT2D eigenvalue weighted by atomic mass is 16.8. The Bertz CT molecular complexity index is 1960. The van der Waals surface area contributed by atoms with Gasteiger partial charge in [0.2, 0.25) is 0 Å². The molecule has 22 nitrogen and oxygen atoms in total. The van der Waals surface area contributed by atoms with E-state index in [9.17, 15) is 66.4 Å². The van der Waals surface area contributed by atoms with Crippen molar-refractivity contribution in [2.24, 2.45) is 40.4 Å². The van der Waals surface area contributed by atoms with Crippen LogP contribution in [0.4, 0.5) is 0 Å². The van der Waals surface area contributed by atoms with E-state index in [4.69, 9.17) is 42.6 Å². The van der Waals surface area contributed by atoms with Gasteiger partial charge in [-0.3, -0.25) is 0 Å². The predicted octanol–water partition coefficient (Wildman–Crippen LogP) is -2.06. The van der Waals surface area contributed by atoms with Crippen LogP contribution >= 0.6 is 0 Å². The quantitative estimate of drug-likeness (QED) is 0.0882. The Morgan fingerprint density at radius 3 is 1.88 bits per heavy atom. The predicted molar refractivity (Wildman–Crippen MR) is 249 cm³/mol. The number of fused-ring (bicyclic) bond motifs is 7. The zero-order valence-electron chi connectivity index (χ0n) is 42.5. The monoisotopic (exact) mass is 1050 g/mol. The van der Waals surface area contributed by atoms with E-state index >= 15 is 0 Å². The summed E-state index contributed by atoms with van der Waals surface area (Å²) in [4.78, 5) is 0. The third kappa shape index (κ3) is 10.0. The van der Waals surface area contributed by atoms with E-state index in [-0.39, 0.29) is 35.4 Å². The summed E-state index contributed by atoms with van der Waals surface area (Å²) in [7, 11) is 0. The first-order chi connectivity index (χ1) is 34.4. The molecule has 0 unspecified atom stereocenters. The molecule has 0 spiro atoms. The minimum atomic E-state index is -1.75. The van der Waals surface area contributed by atoms with Crippen LogP contribution in [-0.2, 0) is 42.6 Å². The summed E-state index contributed by atoms with van der Waals surface area (Å²) in [5, 5.41) is 139. The molecule has 4 aliphatic carbocycles. The van der Waals surface area contributed by atoms with Crippen molar-refractivity contribution in [2.75, 3.05) is 19.8 Å². The maximum absolute atomic E-state index is 12.3. The van der Waals surface area contributed by atoms with Gasteiger partial charge in [0.25, 0.3) is 0 Å². The summed E-state index contributed by atoms with van der Waals surface area (Å²) in [6.45, 7) is 10.3. The Labute approximate surface area is 425 Å². The van der Waals surface area contributed by atoms with E-state index in [1.165, 1.54) is 19.4 Å². The SMILES string of the molecule is C[C@@H](C/C=C1\O[C@@H]2C[C@@H]3[C@H]4CC=C5C[C@@H](O[C@@H]6O[C@H](CO)[C@@H](O[C@@H]7O[C@@H](C)[C@H](O)[C@@H](O)[C@H]7O)[C@H](O)[C@H]6O[C@@H]6O[C@@H](C)[C@H](O)[C@@H](O)[C@H]6O)CC[C@]5(C)[C@@H]4CC[C@]3(C)[C@@H]2[C@]1(C)O)CO[C@@H]1O[C@H](CO)[C@@H](O)[C@H](O)[C@H]1O. The van der Waals surface area contributed by atoms with Crippen molar-refractivity contribution in [3.63, 3.8) is 0 Å². The van der Waals surface area contributed by atoms with E-state index in [0.29, 0.717) is 42.8 Å². The van der Waals surface area contributed by atoms with Gasteiger partial charge in [0, 0.05) is 5.92 Å². The van der Waals surface area contributed by atoms with Crippen LogP contribution in [0.1, 0.15) is 92.9 Å². The fraction of sp³-hybridized carbons (Fsp3) is 0.922. The fourth-order valence-corrected chi connectivity index (χ4v) is 14.6. The van der Waals surface area contributed by atoms with Gasteiger partial charge in [0.15, 0.2) is 25.2 Å². The second-order valence-electron chi connectivity index (χ2n) is 23.5. The molecule has 5 aliphatic heterocycles. The molecule has 73 heavy (non-hydrogen) atoms. The van der Waals surface area contributed by atoms with E-state index < -0.39 is 148 Å². The lowest BCUT2D eigenvalue weighted by Crippen LogP contribution is -2.66. The van der Waals surface area contributed by atoms with Crippen LogP contribution in [0.3, 0.4) is 0 Å². The summed E-state index contributed by atoms with van der Waals surface area (Å²) in [5.41, 5.74) is -0.343. The molecule has 418 valence electrons. The molecule has 22 heteroatoms. The van der Waals surface area contributed by atoms with Crippen molar-refractivity contribution in [1.82, 2.24) is 0 Å². The Balaban J connectivity index is 0.860. The van der Waals surface area contributed by atoms with E-state index in [1.807, 2.05) is 19.9 Å². The van der Waals surface area contributed by atoms with Gasteiger partial charge in [0.1, 0.15) is 103 Å². The molecule has 0 amide bonds. The number of hydrogen-bond acceptors (Lipinski definition) is 22. The van der Waals surface area contributed by atoms with Crippen LogP contribution in [0.15, 0.2) is 23.5 Å². The van der Waals surface area contributed by atoms with Gasteiger partial charge in [0.05, 0.1) is 38.1 Å². The number of hydrogen-bond donors (Lipinski definition) is 13. The Morgan fingerprint density at radius 1 is 0.658 bits per heavy atom.